The molecule has 0 radical (unpaired) electrons. The maximum absolute atomic E-state index is 13.8. The van der Waals surface area contributed by atoms with Crippen molar-refractivity contribution < 1.29 is 13.2 Å². The Morgan fingerprint density at radius 3 is 2.85 bits per heavy atom. The van der Waals surface area contributed by atoms with E-state index in [2.05, 4.69) is 10.6 Å². The summed E-state index contributed by atoms with van der Waals surface area (Å²) >= 11 is 0. The monoisotopic (exact) mass is 286 g/mol. The average molecular weight is 286 g/mol. The molecule has 20 heavy (non-hydrogen) atoms. The Morgan fingerprint density at radius 1 is 1.50 bits per heavy atom. The highest BCUT2D eigenvalue weighted by Crippen LogP contribution is 2.48. The minimum Gasteiger partial charge on any atom is -0.396 e. The molecule has 0 aromatic rings. The number of hydrogen-bond donors (Lipinski definition) is 3. The number of fused-ring (bicyclic) bond motifs is 1. The standard InChI is InChI=1S/C13H17F3N4/c1-18-4-3-5-19-10-6-9-8(7-20(10)2)11(17)12(14)13(9,15)16/h3,5-7,10,18-19H,4,17H2,1-2H3/b5-3-. The Kier molecular flexibility index (Phi) is 3.80. The van der Waals surface area contributed by atoms with Gasteiger partial charge in [-0.15, -0.1) is 0 Å². The van der Waals surface area contributed by atoms with Gasteiger partial charge in [0.2, 0.25) is 0 Å². The summed E-state index contributed by atoms with van der Waals surface area (Å²) in [4.78, 5) is 1.66. The lowest BCUT2D eigenvalue weighted by molar-refractivity contribution is 0.0638. The SMILES string of the molecule is CNC/C=C\NC1C=C2C(=CN1C)C(N)=C(F)C2(F)F. The molecule has 2 rings (SSSR count). The molecule has 1 heterocycles. The van der Waals surface area contributed by atoms with Crippen LogP contribution in [-0.2, 0) is 0 Å². The third-order valence-corrected chi connectivity index (χ3v) is 3.23. The highest BCUT2D eigenvalue weighted by molar-refractivity contribution is 5.61. The maximum atomic E-state index is 13.8. The van der Waals surface area contributed by atoms with Gasteiger partial charge in [-0.3, -0.25) is 0 Å². The summed E-state index contributed by atoms with van der Waals surface area (Å²) in [6.07, 6.45) is 5.71. The zero-order chi connectivity index (χ0) is 14.9. The fourth-order valence-corrected chi connectivity index (χ4v) is 2.12. The van der Waals surface area contributed by atoms with E-state index in [0.29, 0.717) is 6.54 Å². The Bertz CT molecular complexity index is 520. The summed E-state index contributed by atoms with van der Waals surface area (Å²) in [6.45, 7) is 0.653. The summed E-state index contributed by atoms with van der Waals surface area (Å²) in [7, 11) is 3.50. The van der Waals surface area contributed by atoms with E-state index in [4.69, 9.17) is 5.73 Å². The van der Waals surface area contributed by atoms with Crippen LogP contribution in [0.2, 0.25) is 0 Å². The van der Waals surface area contributed by atoms with Crippen LogP contribution < -0.4 is 16.4 Å². The molecule has 1 unspecified atom stereocenters. The smallest absolute Gasteiger partial charge is 0.326 e. The summed E-state index contributed by atoms with van der Waals surface area (Å²) in [6, 6.07) is 0. The molecule has 1 atom stereocenters. The number of allylic oxidation sites excluding steroid dienone is 2. The van der Waals surface area contributed by atoms with E-state index in [1.54, 1.807) is 25.2 Å². The first-order valence-corrected chi connectivity index (χ1v) is 6.15. The van der Waals surface area contributed by atoms with E-state index in [1.165, 1.54) is 12.3 Å². The third kappa shape index (κ3) is 2.29. The zero-order valence-corrected chi connectivity index (χ0v) is 11.3. The van der Waals surface area contributed by atoms with Crippen LogP contribution >= 0.6 is 0 Å². The number of rotatable bonds is 4. The summed E-state index contributed by atoms with van der Waals surface area (Å²) in [5, 5.41) is 5.87. The third-order valence-electron chi connectivity index (χ3n) is 3.23. The average Bonchev–Trinajstić information content (AvgIpc) is 2.57. The van der Waals surface area contributed by atoms with Crippen LogP contribution in [0, 0.1) is 0 Å². The van der Waals surface area contributed by atoms with Gasteiger partial charge in [0.05, 0.1) is 5.70 Å². The summed E-state index contributed by atoms with van der Waals surface area (Å²) < 4.78 is 41.0. The van der Waals surface area contributed by atoms with Crippen molar-refractivity contribution in [2.75, 3.05) is 20.6 Å². The Balaban J connectivity index is 2.22. The van der Waals surface area contributed by atoms with E-state index in [9.17, 15) is 13.2 Å². The van der Waals surface area contributed by atoms with E-state index in [0.717, 1.165) is 0 Å². The van der Waals surface area contributed by atoms with Crippen molar-refractivity contribution in [3.8, 4) is 0 Å². The molecule has 0 aromatic heterocycles. The first-order chi connectivity index (χ1) is 9.39. The van der Waals surface area contributed by atoms with Gasteiger partial charge in [0.25, 0.3) is 0 Å². The Hall–Kier alpha value is -1.89. The van der Waals surface area contributed by atoms with E-state index < -0.39 is 23.6 Å². The van der Waals surface area contributed by atoms with Crippen LogP contribution in [0.25, 0.3) is 0 Å². The van der Waals surface area contributed by atoms with Gasteiger partial charge in [-0.25, -0.2) is 4.39 Å². The van der Waals surface area contributed by atoms with Gasteiger partial charge in [0, 0.05) is 30.9 Å². The molecular formula is C13H17F3N4. The lowest BCUT2D eigenvalue weighted by Gasteiger charge is -2.30. The van der Waals surface area contributed by atoms with Gasteiger partial charge in [0.1, 0.15) is 6.17 Å². The molecule has 0 saturated carbocycles. The predicted molar refractivity (Wildman–Crippen MR) is 71.2 cm³/mol. The van der Waals surface area contributed by atoms with Crippen molar-refractivity contribution in [1.29, 1.82) is 0 Å². The lowest BCUT2D eigenvalue weighted by Crippen LogP contribution is -2.40. The van der Waals surface area contributed by atoms with E-state index in [1.807, 2.05) is 6.08 Å². The van der Waals surface area contributed by atoms with Crippen molar-refractivity contribution in [1.82, 2.24) is 15.5 Å². The van der Waals surface area contributed by atoms with Crippen molar-refractivity contribution >= 4 is 0 Å². The molecule has 2 aliphatic rings. The molecule has 0 saturated heterocycles. The minimum atomic E-state index is -3.65. The first kappa shape index (κ1) is 14.5. The molecule has 110 valence electrons. The fraction of sp³-hybridized carbons (Fsp3) is 0.385. The number of hydrogen-bond acceptors (Lipinski definition) is 4. The van der Waals surface area contributed by atoms with E-state index >= 15 is 0 Å². The van der Waals surface area contributed by atoms with Crippen LogP contribution in [0.1, 0.15) is 0 Å². The molecule has 0 aromatic carbocycles. The lowest BCUT2D eigenvalue weighted by atomic mass is 10.0. The number of alkyl halides is 2. The fourth-order valence-electron chi connectivity index (χ4n) is 2.12. The minimum absolute atomic E-state index is 0.0484. The van der Waals surface area contributed by atoms with Crippen LogP contribution in [0.5, 0.6) is 0 Å². The van der Waals surface area contributed by atoms with Gasteiger partial charge in [-0.2, -0.15) is 8.78 Å². The molecule has 4 N–H and O–H groups in total. The van der Waals surface area contributed by atoms with Gasteiger partial charge < -0.3 is 21.3 Å². The number of nitrogens with one attached hydrogen (secondary N) is 2. The van der Waals surface area contributed by atoms with Crippen LogP contribution in [-0.4, -0.2) is 37.6 Å². The molecule has 0 bridgehead atoms. The van der Waals surface area contributed by atoms with Crippen molar-refractivity contribution in [3.63, 3.8) is 0 Å². The van der Waals surface area contributed by atoms with Crippen molar-refractivity contribution in [3.05, 3.63) is 47.2 Å². The quantitative estimate of drug-likeness (QED) is 0.726. The number of nitrogens with zero attached hydrogens (tertiary/aromatic N) is 1. The highest BCUT2D eigenvalue weighted by atomic mass is 19.3. The normalized spacial score (nSPS) is 24.9. The van der Waals surface area contributed by atoms with Gasteiger partial charge in [-0.05, 0) is 19.3 Å². The van der Waals surface area contributed by atoms with Crippen molar-refractivity contribution in [2.45, 2.75) is 12.1 Å². The summed E-state index contributed by atoms with van der Waals surface area (Å²) in [5.41, 5.74) is 4.58. The second kappa shape index (κ2) is 5.24. The Morgan fingerprint density at radius 2 is 2.20 bits per heavy atom. The van der Waals surface area contributed by atoms with Gasteiger partial charge in [-0.1, -0.05) is 6.08 Å². The number of halogens is 3. The molecule has 1 aliphatic carbocycles. The second-order valence-electron chi connectivity index (χ2n) is 4.66. The Labute approximate surface area is 115 Å². The van der Waals surface area contributed by atoms with Crippen LogP contribution in [0.4, 0.5) is 13.2 Å². The second-order valence-corrected chi connectivity index (χ2v) is 4.66. The summed E-state index contributed by atoms with van der Waals surface area (Å²) in [5.74, 6) is -5.22. The van der Waals surface area contributed by atoms with Crippen molar-refractivity contribution in [2.24, 2.45) is 5.73 Å². The molecule has 0 fully saturated rings. The number of likely N-dealkylation sites (N-methyl/N-ethyl adjacent to an activating group) is 2. The zero-order valence-electron chi connectivity index (χ0n) is 11.3. The number of nitrogens with two attached hydrogens (primary N) is 1. The largest absolute Gasteiger partial charge is 0.396 e. The molecular weight excluding hydrogens is 269 g/mol. The van der Waals surface area contributed by atoms with Crippen LogP contribution in [0.15, 0.2) is 47.2 Å². The topological polar surface area (TPSA) is 53.3 Å². The molecule has 1 aliphatic heterocycles. The molecule has 0 amide bonds. The molecule has 7 heteroatoms. The van der Waals surface area contributed by atoms with Gasteiger partial charge in [0.15, 0.2) is 5.83 Å². The van der Waals surface area contributed by atoms with Crippen LogP contribution in [0.3, 0.4) is 0 Å². The van der Waals surface area contributed by atoms with Gasteiger partial charge >= 0.3 is 5.92 Å². The molecule has 0 spiro atoms. The first-order valence-electron chi connectivity index (χ1n) is 6.15. The molecule has 4 nitrogen and oxygen atoms in total. The predicted octanol–water partition coefficient (Wildman–Crippen LogP) is 1.18. The van der Waals surface area contributed by atoms with E-state index in [-0.39, 0.29) is 11.1 Å². The highest BCUT2D eigenvalue weighted by Gasteiger charge is 2.51. The maximum Gasteiger partial charge on any atom is 0.326 e.